The Morgan fingerprint density at radius 2 is 2.00 bits per heavy atom. The van der Waals surface area contributed by atoms with Gasteiger partial charge >= 0.3 is 0 Å². The highest BCUT2D eigenvalue weighted by Crippen LogP contribution is 2.24. The Hall–Kier alpha value is -2.60. The summed E-state index contributed by atoms with van der Waals surface area (Å²) in [4.78, 5) is 27.8. The fourth-order valence-electron chi connectivity index (χ4n) is 3.86. The fourth-order valence-corrected chi connectivity index (χ4v) is 4.55. The molecule has 0 spiro atoms. The quantitative estimate of drug-likeness (QED) is 0.686. The van der Waals surface area contributed by atoms with E-state index in [0.717, 1.165) is 28.9 Å². The second kappa shape index (κ2) is 8.19. The SMILES string of the molecule is CCCn1ccc2cc(NC(=O)C3CCN(C(=O)c4cccs4)CC3)ccc21. The predicted octanol–water partition coefficient (Wildman–Crippen LogP) is 4.60. The zero-order chi connectivity index (χ0) is 19.5. The molecule has 1 fully saturated rings. The molecule has 1 aliphatic heterocycles. The van der Waals surface area contributed by atoms with Crippen LogP contribution in [0, 0.1) is 5.92 Å². The number of anilines is 1. The number of hydrogen-bond acceptors (Lipinski definition) is 3. The summed E-state index contributed by atoms with van der Waals surface area (Å²) in [6.07, 6.45) is 4.60. The van der Waals surface area contributed by atoms with Crippen LogP contribution in [-0.2, 0) is 11.3 Å². The Kier molecular flexibility index (Phi) is 5.48. The zero-order valence-electron chi connectivity index (χ0n) is 16.1. The molecule has 1 N–H and O–H groups in total. The van der Waals surface area contributed by atoms with Gasteiger partial charge in [0.05, 0.1) is 4.88 Å². The maximum Gasteiger partial charge on any atom is 0.263 e. The first-order valence-electron chi connectivity index (χ1n) is 9.88. The number of aromatic nitrogens is 1. The summed E-state index contributed by atoms with van der Waals surface area (Å²) in [6.45, 7) is 4.43. The number of nitrogens with zero attached hydrogens (tertiary/aromatic N) is 2. The molecule has 5 nitrogen and oxygen atoms in total. The van der Waals surface area contributed by atoms with E-state index in [4.69, 9.17) is 0 Å². The molecule has 3 heterocycles. The number of nitrogens with one attached hydrogen (secondary N) is 1. The summed E-state index contributed by atoms with van der Waals surface area (Å²) in [5.41, 5.74) is 2.03. The maximum atomic E-state index is 12.7. The molecule has 0 atom stereocenters. The van der Waals surface area contributed by atoms with E-state index < -0.39 is 0 Å². The van der Waals surface area contributed by atoms with Gasteiger partial charge in [-0.3, -0.25) is 9.59 Å². The van der Waals surface area contributed by atoms with E-state index in [2.05, 4.69) is 35.1 Å². The minimum absolute atomic E-state index is 0.0484. The van der Waals surface area contributed by atoms with E-state index in [0.29, 0.717) is 25.9 Å². The second-order valence-electron chi connectivity index (χ2n) is 7.32. The Labute approximate surface area is 169 Å². The van der Waals surface area contributed by atoms with Gasteiger partial charge in [-0.1, -0.05) is 13.0 Å². The molecule has 0 bridgehead atoms. The Bertz CT molecular complexity index is 969. The number of piperidine rings is 1. The van der Waals surface area contributed by atoms with Gasteiger partial charge in [0.1, 0.15) is 0 Å². The van der Waals surface area contributed by atoms with Crippen molar-refractivity contribution in [1.82, 2.24) is 9.47 Å². The molecule has 1 saturated heterocycles. The largest absolute Gasteiger partial charge is 0.347 e. The monoisotopic (exact) mass is 395 g/mol. The maximum absolute atomic E-state index is 12.7. The molecule has 0 saturated carbocycles. The van der Waals surface area contributed by atoms with Crippen molar-refractivity contribution in [2.75, 3.05) is 18.4 Å². The number of aryl methyl sites for hydroxylation is 1. The summed E-state index contributed by atoms with van der Waals surface area (Å²) >= 11 is 1.47. The second-order valence-corrected chi connectivity index (χ2v) is 8.26. The fraction of sp³-hybridized carbons (Fsp3) is 0.364. The minimum atomic E-state index is -0.0484. The van der Waals surface area contributed by atoms with E-state index >= 15 is 0 Å². The average Bonchev–Trinajstić information content (AvgIpc) is 3.38. The lowest BCUT2D eigenvalue weighted by Crippen LogP contribution is -2.41. The van der Waals surface area contributed by atoms with Crippen LogP contribution in [-0.4, -0.2) is 34.4 Å². The summed E-state index contributed by atoms with van der Waals surface area (Å²) < 4.78 is 2.24. The summed E-state index contributed by atoms with van der Waals surface area (Å²) in [5, 5.41) is 6.13. The molecule has 0 unspecified atom stereocenters. The number of rotatable bonds is 5. The molecule has 1 aromatic carbocycles. The van der Waals surface area contributed by atoms with Gasteiger partial charge in [0.15, 0.2) is 0 Å². The van der Waals surface area contributed by atoms with Crippen LogP contribution in [0.1, 0.15) is 35.9 Å². The molecule has 4 rings (SSSR count). The zero-order valence-corrected chi connectivity index (χ0v) is 16.9. The average molecular weight is 396 g/mol. The van der Waals surface area contributed by atoms with Crippen molar-refractivity contribution in [1.29, 1.82) is 0 Å². The lowest BCUT2D eigenvalue weighted by atomic mass is 9.95. The number of hydrogen-bond donors (Lipinski definition) is 1. The van der Waals surface area contributed by atoms with Gasteiger partial charge in [0.25, 0.3) is 5.91 Å². The highest BCUT2D eigenvalue weighted by atomic mass is 32.1. The Balaban J connectivity index is 1.35. The highest BCUT2D eigenvalue weighted by Gasteiger charge is 2.28. The van der Waals surface area contributed by atoms with Crippen LogP contribution in [0.4, 0.5) is 5.69 Å². The highest BCUT2D eigenvalue weighted by molar-refractivity contribution is 7.12. The summed E-state index contributed by atoms with van der Waals surface area (Å²) in [7, 11) is 0. The number of benzene rings is 1. The number of carbonyl (C=O) groups excluding carboxylic acids is 2. The van der Waals surface area contributed by atoms with Crippen molar-refractivity contribution >= 4 is 39.7 Å². The molecule has 28 heavy (non-hydrogen) atoms. The molecule has 2 aromatic heterocycles. The number of thiophene rings is 1. The van der Waals surface area contributed by atoms with Crippen LogP contribution in [0.25, 0.3) is 10.9 Å². The molecule has 2 amide bonds. The third kappa shape index (κ3) is 3.83. The van der Waals surface area contributed by atoms with Gasteiger partial charge < -0.3 is 14.8 Å². The number of fused-ring (bicyclic) bond motifs is 1. The lowest BCUT2D eigenvalue weighted by Gasteiger charge is -2.31. The first kappa shape index (κ1) is 18.7. The van der Waals surface area contributed by atoms with Gasteiger partial charge in [-0.15, -0.1) is 11.3 Å². The van der Waals surface area contributed by atoms with Crippen molar-refractivity contribution in [2.45, 2.75) is 32.7 Å². The van der Waals surface area contributed by atoms with Crippen LogP contribution in [0.2, 0.25) is 0 Å². The summed E-state index contributed by atoms with van der Waals surface area (Å²) in [6, 6.07) is 11.9. The van der Waals surface area contributed by atoms with E-state index in [1.807, 2.05) is 34.5 Å². The van der Waals surface area contributed by atoms with Gasteiger partial charge in [-0.2, -0.15) is 0 Å². The molecule has 6 heteroatoms. The van der Waals surface area contributed by atoms with Gasteiger partial charge in [-0.25, -0.2) is 0 Å². The Morgan fingerprint density at radius 3 is 2.71 bits per heavy atom. The van der Waals surface area contributed by atoms with Crippen LogP contribution in [0.3, 0.4) is 0 Å². The number of carbonyl (C=O) groups is 2. The Morgan fingerprint density at radius 1 is 1.18 bits per heavy atom. The predicted molar refractivity (Wildman–Crippen MR) is 114 cm³/mol. The van der Waals surface area contributed by atoms with E-state index in [1.54, 1.807) is 0 Å². The van der Waals surface area contributed by atoms with E-state index in [1.165, 1.54) is 16.9 Å². The van der Waals surface area contributed by atoms with Crippen molar-refractivity contribution in [2.24, 2.45) is 5.92 Å². The van der Waals surface area contributed by atoms with Gasteiger partial charge in [0.2, 0.25) is 5.91 Å². The topological polar surface area (TPSA) is 54.3 Å². The van der Waals surface area contributed by atoms with Crippen LogP contribution in [0.5, 0.6) is 0 Å². The smallest absolute Gasteiger partial charge is 0.263 e. The molecule has 1 aliphatic rings. The lowest BCUT2D eigenvalue weighted by molar-refractivity contribution is -0.121. The molecule has 3 aromatic rings. The van der Waals surface area contributed by atoms with E-state index in [9.17, 15) is 9.59 Å². The normalized spacial score (nSPS) is 15.1. The van der Waals surface area contributed by atoms with Crippen LogP contribution >= 0.6 is 11.3 Å². The summed E-state index contributed by atoms with van der Waals surface area (Å²) in [5.74, 6) is 0.0826. The van der Waals surface area contributed by atoms with Crippen molar-refractivity contribution in [3.63, 3.8) is 0 Å². The van der Waals surface area contributed by atoms with Crippen molar-refractivity contribution in [3.8, 4) is 0 Å². The molecule has 146 valence electrons. The third-order valence-corrected chi connectivity index (χ3v) is 6.25. The van der Waals surface area contributed by atoms with Crippen LogP contribution in [0.15, 0.2) is 48.0 Å². The van der Waals surface area contributed by atoms with Crippen LogP contribution < -0.4 is 5.32 Å². The molecular weight excluding hydrogens is 370 g/mol. The molecule has 0 radical (unpaired) electrons. The number of likely N-dealkylation sites (tertiary alicyclic amines) is 1. The van der Waals surface area contributed by atoms with Crippen molar-refractivity contribution < 1.29 is 9.59 Å². The molecular formula is C22H25N3O2S. The minimum Gasteiger partial charge on any atom is -0.347 e. The number of amides is 2. The first-order chi connectivity index (χ1) is 13.7. The third-order valence-electron chi connectivity index (χ3n) is 5.39. The van der Waals surface area contributed by atoms with Gasteiger partial charge in [-0.05, 0) is 55.0 Å². The van der Waals surface area contributed by atoms with Gasteiger partial charge in [0, 0.05) is 48.3 Å². The van der Waals surface area contributed by atoms with E-state index in [-0.39, 0.29) is 17.7 Å². The van der Waals surface area contributed by atoms with Crippen molar-refractivity contribution in [3.05, 3.63) is 52.9 Å². The molecule has 0 aliphatic carbocycles. The standard InChI is InChI=1S/C22H25N3O2S/c1-2-10-24-11-9-17-15-18(5-6-19(17)24)23-21(26)16-7-12-25(13-8-16)22(27)20-4-3-14-28-20/h3-6,9,11,14-16H,2,7-8,10,12-13H2,1H3,(H,23,26). The first-order valence-corrected chi connectivity index (χ1v) is 10.8.